The summed E-state index contributed by atoms with van der Waals surface area (Å²) in [7, 11) is 0. The highest BCUT2D eigenvalue weighted by atomic mass is 16.6. The van der Waals surface area contributed by atoms with E-state index >= 15 is 0 Å². The molecule has 4 saturated carbocycles. The zero-order valence-electron chi connectivity index (χ0n) is 25.4. The van der Waals surface area contributed by atoms with Crippen LogP contribution in [0.5, 0.6) is 0 Å². The number of hydrogen-bond acceptors (Lipinski definition) is 8. The van der Waals surface area contributed by atoms with Crippen LogP contribution in [-0.4, -0.2) is 66.1 Å². The molecule has 5 fully saturated rings. The van der Waals surface area contributed by atoms with Gasteiger partial charge in [0.15, 0.2) is 0 Å². The fraction of sp³-hybridized carbons (Fsp3) is 0.788. The van der Waals surface area contributed by atoms with Gasteiger partial charge in [0.05, 0.1) is 11.9 Å². The summed E-state index contributed by atoms with van der Waals surface area (Å²) in [6.45, 7) is 9.41. The molecule has 1 aliphatic heterocycles. The highest BCUT2D eigenvalue weighted by Gasteiger charge is 2.70. The Morgan fingerprint density at radius 2 is 1.88 bits per heavy atom. The number of aliphatic hydroxyl groups is 1. The predicted molar refractivity (Wildman–Crippen MR) is 156 cm³/mol. The number of fused-ring (bicyclic) bond motifs is 5. The standard InChI is InChI=1S/C33H48N2O7/c1-21(36)42-27-19-33(39)26-8-7-23-18-24(34-30(38)40-17-16-35-14-4-5-15-35)10-12-31(23,2)25(26)11-13-32(33,3)29(27)22-6-9-28(37)41-20-22/h6,9,20,23-27,29,39H,4-5,7-8,10-19H2,1-3H3,(H,34,38)/t23-,24+,25+,26-,27+,29+,31+,32-,33+/m1/s1. The first-order chi connectivity index (χ1) is 20.0. The molecule has 232 valence electrons. The smallest absolute Gasteiger partial charge is 0.407 e. The van der Waals surface area contributed by atoms with Crippen molar-refractivity contribution in [2.45, 2.75) is 109 Å². The van der Waals surface area contributed by atoms with Crippen LogP contribution in [0.1, 0.15) is 96.5 Å². The van der Waals surface area contributed by atoms with E-state index in [9.17, 15) is 19.5 Å². The van der Waals surface area contributed by atoms with Gasteiger partial charge >= 0.3 is 17.7 Å². The van der Waals surface area contributed by atoms with Crippen LogP contribution in [0.4, 0.5) is 4.79 Å². The Balaban J connectivity index is 1.15. The third-order valence-electron chi connectivity index (χ3n) is 12.4. The van der Waals surface area contributed by atoms with Crippen molar-refractivity contribution in [2.24, 2.45) is 28.6 Å². The number of esters is 1. The minimum absolute atomic E-state index is 0.0758. The number of carbonyl (C=O) groups is 2. The van der Waals surface area contributed by atoms with E-state index in [1.54, 1.807) is 6.07 Å². The van der Waals surface area contributed by atoms with Gasteiger partial charge in [-0.05, 0) is 106 Å². The molecule has 0 spiro atoms. The Labute approximate surface area is 248 Å². The molecule has 2 heterocycles. The van der Waals surface area contributed by atoms with E-state index < -0.39 is 22.7 Å². The SMILES string of the molecule is CC(=O)O[C@H]1C[C@]2(O)[C@@H]3CC[C@@H]4C[C@@H](NC(=O)OCCN5CCCC5)CC[C@]4(C)[C@H]3CC[C@]2(C)[C@H]1c1ccc(=O)oc1. The molecule has 6 rings (SSSR count). The molecule has 9 atom stereocenters. The summed E-state index contributed by atoms with van der Waals surface area (Å²) in [4.78, 5) is 38.8. The van der Waals surface area contributed by atoms with E-state index in [1.807, 2.05) is 0 Å². The van der Waals surface area contributed by atoms with Gasteiger partial charge in [-0.3, -0.25) is 9.69 Å². The second-order valence-corrected chi connectivity index (χ2v) is 14.4. The average molecular weight is 585 g/mol. The van der Waals surface area contributed by atoms with Gasteiger partial charge in [-0.2, -0.15) is 0 Å². The lowest BCUT2D eigenvalue weighted by Gasteiger charge is -2.63. The van der Waals surface area contributed by atoms with Gasteiger partial charge < -0.3 is 24.3 Å². The molecular formula is C33H48N2O7. The van der Waals surface area contributed by atoms with Gasteiger partial charge in [0.25, 0.3) is 0 Å². The first kappa shape index (κ1) is 29.7. The van der Waals surface area contributed by atoms with Crippen molar-refractivity contribution in [1.82, 2.24) is 10.2 Å². The van der Waals surface area contributed by atoms with E-state index in [0.29, 0.717) is 24.9 Å². The molecule has 4 aliphatic carbocycles. The first-order valence-corrected chi connectivity index (χ1v) is 16.2. The second kappa shape index (κ2) is 11.3. The zero-order valence-corrected chi connectivity index (χ0v) is 25.4. The van der Waals surface area contributed by atoms with Gasteiger partial charge in [0.1, 0.15) is 12.7 Å². The number of nitrogens with one attached hydrogen (secondary N) is 1. The molecule has 9 nitrogen and oxygen atoms in total. The normalized spacial score (nSPS) is 41.3. The van der Waals surface area contributed by atoms with Crippen LogP contribution >= 0.6 is 0 Å². The van der Waals surface area contributed by atoms with Crippen LogP contribution in [0.25, 0.3) is 0 Å². The molecule has 9 heteroatoms. The number of hydrogen-bond donors (Lipinski definition) is 2. The van der Waals surface area contributed by atoms with Crippen molar-refractivity contribution < 1.29 is 28.6 Å². The van der Waals surface area contributed by atoms with Gasteiger partial charge in [-0.25, -0.2) is 9.59 Å². The maximum absolute atomic E-state index is 12.7. The van der Waals surface area contributed by atoms with Crippen molar-refractivity contribution in [3.63, 3.8) is 0 Å². The highest BCUT2D eigenvalue weighted by molar-refractivity contribution is 5.67. The predicted octanol–water partition coefficient (Wildman–Crippen LogP) is 4.61. The van der Waals surface area contributed by atoms with Crippen LogP contribution in [-0.2, 0) is 14.3 Å². The molecule has 0 radical (unpaired) electrons. The number of nitrogens with zero attached hydrogens (tertiary/aromatic N) is 1. The lowest BCUT2D eigenvalue weighted by molar-refractivity contribution is -0.202. The molecule has 0 bridgehead atoms. The number of ether oxygens (including phenoxy) is 2. The quantitative estimate of drug-likeness (QED) is 0.466. The third kappa shape index (κ3) is 5.08. The van der Waals surface area contributed by atoms with Crippen LogP contribution in [0.15, 0.2) is 27.6 Å². The molecule has 1 saturated heterocycles. The van der Waals surface area contributed by atoms with Crippen LogP contribution in [0.2, 0.25) is 0 Å². The highest BCUT2D eigenvalue weighted by Crippen LogP contribution is 2.70. The number of rotatable bonds is 6. The number of likely N-dealkylation sites (tertiary alicyclic amines) is 1. The first-order valence-electron chi connectivity index (χ1n) is 16.2. The van der Waals surface area contributed by atoms with Crippen molar-refractivity contribution >= 4 is 12.1 Å². The summed E-state index contributed by atoms with van der Waals surface area (Å²) in [5, 5.41) is 15.9. The molecule has 42 heavy (non-hydrogen) atoms. The van der Waals surface area contributed by atoms with Gasteiger partial charge in [0, 0.05) is 43.3 Å². The molecule has 2 N–H and O–H groups in total. The van der Waals surface area contributed by atoms with Crippen molar-refractivity contribution in [2.75, 3.05) is 26.2 Å². The molecule has 5 aliphatic rings. The summed E-state index contributed by atoms with van der Waals surface area (Å²) < 4.78 is 16.6. The second-order valence-electron chi connectivity index (χ2n) is 14.4. The number of carbonyl (C=O) groups excluding carboxylic acids is 2. The minimum Gasteiger partial charge on any atom is -0.462 e. The van der Waals surface area contributed by atoms with Gasteiger partial charge in [0.2, 0.25) is 0 Å². The number of alkyl carbamates (subject to hydrolysis) is 1. The molecule has 1 aromatic rings. The van der Waals surface area contributed by atoms with Crippen molar-refractivity contribution in [3.05, 3.63) is 34.4 Å². The maximum atomic E-state index is 12.7. The van der Waals surface area contributed by atoms with E-state index in [-0.39, 0.29) is 35.4 Å². The summed E-state index contributed by atoms with van der Waals surface area (Å²) in [5.41, 5.74) is -1.06. The zero-order chi connectivity index (χ0) is 29.7. The monoisotopic (exact) mass is 584 g/mol. The lowest BCUT2D eigenvalue weighted by Crippen LogP contribution is -2.62. The summed E-state index contributed by atoms with van der Waals surface area (Å²) in [6.07, 6.45) is 10.1. The minimum atomic E-state index is -1.00. The molecule has 0 aromatic carbocycles. The molecule has 0 unspecified atom stereocenters. The Kier molecular flexibility index (Phi) is 7.96. The number of amides is 1. The van der Waals surface area contributed by atoms with E-state index in [4.69, 9.17) is 13.9 Å². The Morgan fingerprint density at radius 3 is 2.60 bits per heavy atom. The van der Waals surface area contributed by atoms with Crippen LogP contribution in [0.3, 0.4) is 0 Å². The Morgan fingerprint density at radius 1 is 1.10 bits per heavy atom. The summed E-state index contributed by atoms with van der Waals surface area (Å²) in [5.74, 6) is 0.309. The average Bonchev–Trinajstić information content (AvgIpc) is 3.53. The third-order valence-corrected chi connectivity index (χ3v) is 12.4. The maximum Gasteiger partial charge on any atom is 0.407 e. The van der Waals surface area contributed by atoms with E-state index in [0.717, 1.165) is 70.1 Å². The molecular weight excluding hydrogens is 536 g/mol. The van der Waals surface area contributed by atoms with E-state index in [2.05, 4.69) is 24.1 Å². The fourth-order valence-corrected chi connectivity index (χ4v) is 10.3. The molecule has 1 aromatic heterocycles. The van der Waals surface area contributed by atoms with Crippen molar-refractivity contribution in [1.29, 1.82) is 0 Å². The topological polar surface area (TPSA) is 118 Å². The summed E-state index contributed by atoms with van der Waals surface area (Å²) >= 11 is 0. The van der Waals surface area contributed by atoms with E-state index in [1.165, 1.54) is 32.1 Å². The Bertz CT molecular complexity index is 1210. The Hall–Kier alpha value is -2.39. The fourth-order valence-electron chi connectivity index (χ4n) is 10.3. The molecule has 1 amide bonds. The largest absolute Gasteiger partial charge is 0.462 e. The van der Waals surface area contributed by atoms with Crippen LogP contribution < -0.4 is 10.9 Å². The lowest BCUT2D eigenvalue weighted by atomic mass is 9.43. The summed E-state index contributed by atoms with van der Waals surface area (Å²) in [6, 6.07) is 3.29. The van der Waals surface area contributed by atoms with Crippen LogP contribution in [0, 0.1) is 28.6 Å². The van der Waals surface area contributed by atoms with Gasteiger partial charge in [-0.1, -0.05) is 13.8 Å². The van der Waals surface area contributed by atoms with Gasteiger partial charge in [-0.15, -0.1) is 0 Å². The van der Waals surface area contributed by atoms with Crippen molar-refractivity contribution in [3.8, 4) is 0 Å².